The molecular formula is C9H3BrClF6NO2. The van der Waals surface area contributed by atoms with Crippen molar-refractivity contribution in [2.24, 2.45) is 0 Å². The molecule has 0 unspecified atom stereocenters. The fourth-order valence-corrected chi connectivity index (χ4v) is 1.80. The molecule has 0 fully saturated rings. The van der Waals surface area contributed by atoms with Gasteiger partial charge in [0.25, 0.3) is 5.24 Å². The van der Waals surface area contributed by atoms with Gasteiger partial charge < -0.3 is 4.74 Å². The topological polar surface area (TPSA) is 39.2 Å². The van der Waals surface area contributed by atoms with E-state index in [-0.39, 0.29) is 10.9 Å². The number of ether oxygens (including phenoxy) is 1. The minimum atomic E-state index is -5.34. The number of alkyl halides is 7. The van der Waals surface area contributed by atoms with Crippen molar-refractivity contribution in [1.29, 1.82) is 0 Å². The Hall–Kier alpha value is -1.03. The first-order chi connectivity index (χ1) is 8.95. The third-order valence-electron chi connectivity index (χ3n) is 1.89. The molecule has 0 bridgehead atoms. The zero-order valence-corrected chi connectivity index (χ0v) is 11.4. The van der Waals surface area contributed by atoms with E-state index in [0.29, 0.717) is 6.07 Å². The normalized spacial score (nSPS) is 12.4. The van der Waals surface area contributed by atoms with Gasteiger partial charge in [-0.15, -0.1) is 13.2 Å². The van der Waals surface area contributed by atoms with E-state index in [0.717, 1.165) is 0 Å². The van der Waals surface area contributed by atoms with Gasteiger partial charge in [0.05, 0.1) is 0 Å². The Morgan fingerprint density at radius 1 is 1.30 bits per heavy atom. The average Bonchev–Trinajstić information content (AvgIpc) is 2.24. The highest BCUT2D eigenvalue weighted by Crippen LogP contribution is 2.38. The van der Waals surface area contributed by atoms with Gasteiger partial charge in [0, 0.05) is 5.33 Å². The molecule has 11 heteroatoms. The molecule has 0 radical (unpaired) electrons. The lowest BCUT2D eigenvalue weighted by Gasteiger charge is -2.16. The molecule has 3 nitrogen and oxygen atoms in total. The fourth-order valence-electron chi connectivity index (χ4n) is 1.21. The summed E-state index contributed by atoms with van der Waals surface area (Å²) in [6, 6.07) is 0.410. The maximum Gasteiger partial charge on any atom is 0.573 e. The number of hydrogen-bond donors (Lipinski definition) is 0. The molecule has 1 aromatic rings. The molecule has 0 spiro atoms. The van der Waals surface area contributed by atoms with Gasteiger partial charge >= 0.3 is 12.5 Å². The number of halogens is 8. The SMILES string of the molecule is O=C(Cl)c1nc(C(F)(F)F)c(OC(F)(F)F)cc1CBr. The third kappa shape index (κ3) is 4.23. The van der Waals surface area contributed by atoms with Crippen molar-refractivity contribution in [3.8, 4) is 5.75 Å². The predicted molar refractivity (Wildman–Crippen MR) is 58.7 cm³/mol. The Balaban J connectivity index is 3.52. The molecule has 0 N–H and O–H groups in total. The van der Waals surface area contributed by atoms with Crippen LogP contribution in [0, 0.1) is 0 Å². The number of hydrogen-bond acceptors (Lipinski definition) is 3. The first kappa shape index (κ1) is 17.0. The summed E-state index contributed by atoms with van der Waals surface area (Å²) in [6.45, 7) is 0. The van der Waals surface area contributed by atoms with E-state index < -0.39 is 34.9 Å². The summed E-state index contributed by atoms with van der Waals surface area (Å²) in [7, 11) is 0. The summed E-state index contributed by atoms with van der Waals surface area (Å²) < 4.78 is 77.4. The van der Waals surface area contributed by atoms with E-state index in [1.165, 1.54) is 0 Å². The molecule has 0 amide bonds. The van der Waals surface area contributed by atoms with Crippen LogP contribution >= 0.6 is 27.5 Å². The van der Waals surface area contributed by atoms with Crippen LogP contribution in [0.2, 0.25) is 0 Å². The Morgan fingerprint density at radius 2 is 1.85 bits per heavy atom. The molecular weight excluding hydrogens is 383 g/mol. The largest absolute Gasteiger partial charge is 0.573 e. The molecule has 1 heterocycles. The number of rotatable bonds is 3. The smallest absolute Gasteiger partial charge is 0.403 e. The van der Waals surface area contributed by atoms with E-state index in [9.17, 15) is 31.1 Å². The minimum Gasteiger partial charge on any atom is -0.403 e. The summed E-state index contributed by atoms with van der Waals surface area (Å²) in [5.41, 5.74) is -3.05. The molecule has 0 aliphatic carbocycles. The lowest BCUT2D eigenvalue weighted by Crippen LogP contribution is -2.22. The standard InChI is InChI=1S/C9H3BrClF6NO2/c10-2-3-1-4(20-9(15,16)17)6(8(12,13)14)18-5(3)7(11)19/h1H,2H2. The lowest BCUT2D eigenvalue weighted by molar-refractivity contribution is -0.276. The Kier molecular flexibility index (Phi) is 4.90. The summed E-state index contributed by atoms with van der Waals surface area (Å²) >= 11 is 7.84. The highest BCUT2D eigenvalue weighted by atomic mass is 79.9. The van der Waals surface area contributed by atoms with Crippen molar-refractivity contribution < 1.29 is 35.9 Å². The van der Waals surface area contributed by atoms with Gasteiger partial charge in [-0.3, -0.25) is 4.79 Å². The first-order valence-electron chi connectivity index (χ1n) is 4.58. The second-order valence-corrected chi connectivity index (χ2v) is 4.20. The van der Waals surface area contributed by atoms with Crippen molar-refractivity contribution >= 4 is 32.8 Å². The van der Waals surface area contributed by atoms with Crippen molar-refractivity contribution in [1.82, 2.24) is 4.98 Å². The molecule has 112 valence electrons. The van der Waals surface area contributed by atoms with E-state index in [1.807, 2.05) is 0 Å². The number of carbonyl (C=O) groups is 1. The molecule has 1 aromatic heterocycles. The predicted octanol–water partition coefficient (Wildman–Crippen LogP) is 4.27. The lowest BCUT2D eigenvalue weighted by atomic mass is 10.2. The zero-order chi connectivity index (χ0) is 15.7. The van der Waals surface area contributed by atoms with Crippen LogP contribution in [-0.2, 0) is 11.5 Å². The first-order valence-corrected chi connectivity index (χ1v) is 6.08. The minimum absolute atomic E-state index is 0.236. The van der Waals surface area contributed by atoms with Gasteiger partial charge in [0.1, 0.15) is 5.69 Å². The highest BCUT2D eigenvalue weighted by molar-refractivity contribution is 9.08. The second-order valence-electron chi connectivity index (χ2n) is 3.30. The zero-order valence-electron chi connectivity index (χ0n) is 9.07. The van der Waals surface area contributed by atoms with Crippen molar-refractivity contribution in [2.45, 2.75) is 17.9 Å². The maximum absolute atomic E-state index is 12.6. The third-order valence-corrected chi connectivity index (χ3v) is 2.67. The van der Waals surface area contributed by atoms with Gasteiger partial charge in [-0.2, -0.15) is 13.2 Å². The average molecular weight is 386 g/mol. The van der Waals surface area contributed by atoms with Crippen LogP contribution in [0.1, 0.15) is 21.7 Å². The number of aromatic nitrogens is 1. The molecule has 0 aliphatic rings. The molecule has 0 aliphatic heterocycles. The molecule has 0 aromatic carbocycles. The van der Waals surface area contributed by atoms with Crippen molar-refractivity contribution in [3.63, 3.8) is 0 Å². The number of pyridine rings is 1. The Labute approximate surface area is 121 Å². The molecule has 0 atom stereocenters. The van der Waals surface area contributed by atoms with E-state index in [4.69, 9.17) is 11.6 Å². The van der Waals surface area contributed by atoms with Crippen LogP contribution < -0.4 is 4.74 Å². The summed E-state index contributed by atoms with van der Waals surface area (Å²) in [4.78, 5) is 13.8. The second kappa shape index (κ2) is 5.76. The molecule has 1 rings (SSSR count). The van der Waals surface area contributed by atoms with Crippen molar-refractivity contribution in [2.75, 3.05) is 0 Å². The van der Waals surface area contributed by atoms with Gasteiger partial charge in [-0.1, -0.05) is 15.9 Å². The number of nitrogens with zero attached hydrogens (tertiary/aromatic N) is 1. The van der Waals surface area contributed by atoms with E-state index in [2.05, 4.69) is 25.7 Å². The molecule has 0 saturated carbocycles. The Bertz CT molecular complexity index is 530. The summed E-state index contributed by atoms with van der Waals surface area (Å²) in [5.74, 6) is -1.55. The molecule has 20 heavy (non-hydrogen) atoms. The number of carbonyl (C=O) groups excluding carboxylic acids is 1. The van der Waals surface area contributed by atoms with Gasteiger partial charge in [0.15, 0.2) is 11.4 Å². The van der Waals surface area contributed by atoms with Gasteiger partial charge in [-0.25, -0.2) is 4.98 Å². The summed E-state index contributed by atoms with van der Waals surface area (Å²) in [5, 5.41) is -1.57. The van der Waals surface area contributed by atoms with Crippen LogP contribution in [0.25, 0.3) is 0 Å². The van der Waals surface area contributed by atoms with Crippen LogP contribution in [0.4, 0.5) is 26.3 Å². The highest BCUT2D eigenvalue weighted by Gasteiger charge is 2.42. The molecule has 0 saturated heterocycles. The van der Waals surface area contributed by atoms with Gasteiger partial charge in [0.2, 0.25) is 0 Å². The van der Waals surface area contributed by atoms with Crippen LogP contribution in [-0.4, -0.2) is 16.6 Å². The fraction of sp³-hybridized carbons (Fsp3) is 0.333. The van der Waals surface area contributed by atoms with Crippen molar-refractivity contribution in [3.05, 3.63) is 23.0 Å². The Morgan fingerprint density at radius 3 is 2.20 bits per heavy atom. The van der Waals surface area contributed by atoms with Crippen LogP contribution in [0.3, 0.4) is 0 Å². The quantitative estimate of drug-likeness (QED) is 0.442. The van der Waals surface area contributed by atoms with Crippen LogP contribution in [0.15, 0.2) is 6.07 Å². The maximum atomic E-state index is 12.6. The van der Waals surface area contributed by atoms with Gasteiger partial charge in [-0.05, 0) is 23.2 Å². The van der Waals surface area contributed by atoms with Crippen LogP contribution in [0.5, 0.6) is 5.75 Å². The summed E-state index contributed by atoms with van der Waals surface area (Å²) in [6.07, 6.45) is -10.6. The monoisotopic (exact) mass is 385 g/mol. The van der Waals surface area contributed by atoms with E-state index >= 15 is 0 Å². The van der Waals surface area contributed by atoms with E-state index in [1.54, 1.807) is 0 Å².